The number of rotatable bonds is 4. The standard InChI is InChI=1S/C18H18F4N2O/c1-12(13-8-10-14(19)11-9-13)24(23(2)3)17(25)15-6-4-5-7-16(15)18(20,21)22/h4-12H,1-3H3. The van der Waals surface area contributed by atoms with Crippen LogP contribution in [0, 0.1) is 5.82 Å². The summed E-state index contributed by atoms with van der Waals surface area (Å²) in [4.78, 5) is 12.8. The smallest absolute Gasteiger partial charge is 0.268 e. The van der Waals surface area contributed by atoms with E-state index in [9.17, 15) is 22.4 Å². The lowest BCUT2D eigenvalue weighted by Gasteiger charge is -2.35. The number of carbonyl (C=O) groups excluding carboxylic acids is 1. The topological polar surface area (TPSA) is 23.6 Å². The minimum absolute atomic E-state index is 0.430. The molecule has 2 rings (SSSR count). The monoisotopic (exact) mass is 354 g/mol. The second kappa shape index (κ2) is 7.23. The maximum atomic E-state index is 13.2. The van der Waals surface area contributed by atoms with Crippen LogP contribution in [-0.4, -0.2) is 30.0 Å². The lowest BCUT2D eigenvalue weighted by atomic mass is 10.0. The molecule has 0 saturated carbocycles. The first-order valence-corrected chi connectivity index (χ1v) is 7.55. The van der Waals surface area contributed by atoms with Crippen LogP contribution in [0.25, 0.3) is 0 Å². The Kier molecular flexibility index (Phi) is 5.47. The Balaban J connectivity index is 2.45. The molecule has 0 spiro atoms. The van der Waals surface area contributed by atoms with Gasteiger partial charge in [-0.05, 0) is 36.8 Å². The van der Waals surface area contributed by atoms with Gasteiger partial charge in [-0.25, -0.2) is 9.40 Å². The van der Waals surface area contributed by atoms with Crippen LogP contribution in [0.3, 0.4) is 0 Å². The molecule has 0 heterocycles. The van der Waals surface area contributed by atoms with Gasteiger partial charge in [-0.1, -0.05) is 24.3 Å². The maximum absolute atomic E-state index is 13.2. The van der Waals surface area contributed by atoms with E-state index in [1.54, 1.807) is 21.0 Å². The first-order chi connectivity index (χ1) is 11.6. The van der Waals surface area contributed by atoms with Gasteiger partial charge in [0.05, 0.1) is 17.2 Å². The van der Waals surface area contributed by atoms with Gasteiger partial charge in [0.1, 0.15) is 5.82 Å². The molecule has 1 amide bonds. The third-order valence-electron chi connectivity index (χ3n) is 3.82. The molecule has 0 aliphatic carbocycles. The number of hydrogen-bond donors (Lipinski definition) is 0. The van der Waals surface area contributed by atoms with Crippen molar-refractivity contribution < 1.29 is 22.4 Å². The Hall–Kier alpha value is -2.41. The highest BCUT2D eigenvalue weighted by Gasteiger charge is 2.37. The molecule has 1 atom stereocenters. The van der Waals surface area contributed by atoms with Gasteiger partial charge in [-0.15, -0.1) is 0 Å². The zero-order valence-corrected chi connectivity index (χ0v) is 14.0. The van der Waals surface area contributed by atoms with Gasteiger partial charge >= 0.3 is 6.18 Å². The summed E-state index contributed by atoms with van der Waals surface area (Å²) in [6.07, 6.45) is -4.64. The minimum atomic E-state index is -4.64. The van der Waals surface area contributed by atoms with Crippen molar-refractivity contribution in [1.29, 1.82) is 0 Å². The van der Waals surface area contributed by atoms with E-state index in [4.69, 9.17) is 0 Å². The molecule has 0 aliphatic rings. The average molecular weight is 354 g/mol. The van der Waals surface area contributed by atoms with Crippen molar-refractivity contribution in [2.45, 2.75) is 19.1 Å². The van der Waals surface area contributed by atoms with E-state index < -0.39 is 35.1 Å². The van der Waals surface area contributed by atoms with Crippen molar-refractivity contribution in [3.8, 4) is 0 Å². The van der Waals surface area contributed by atoms with Crippen molar-refractivity contribution in [2.24, 2.45) is 0 Å². The SMILES string of the molecule is CC(c1ccc(F)cc1)N(C(=O)c1ccccc1C(F)(F)F)N(C)C. The Morgan fingerprint density at radius 2 is 1.56 bits per heavy atom. The summed E-state index contributed by atoms with van der Waals surface area (Å²) >= 11 is 0. The molecule has 0 saturated heterocycles. The highest BCUT2D eigenvalue weighted by atomic mass is 19.4. The first kappa shape index (κ1) is 18.9. The number of carbonyl (C=O) groups is 1. The van der Waals surface area contributed by atoms with Crippen LogP contribution >= 0.6 is 0 Å². The van der Waals surface area contributed by atoms with Crippen molar-refractivity contribution >= 4 is 5.91 Å². The highest BCUT2D eigenvalue weighted by molar-refractivity contribution is 5.95. The summed E-state index contributed by atoms with van der Waals surface area (Å²) in [7, 11) is 3.13. The van der Waals surface area contributed by atoms with Crippen molar-refractivity contribution in [2.75, 3.05) is 14.1 Å². The predicted molar refractivity (Wildman–Crippen MR) is 86.1 cm³/mol. The van der Waals surface area contributed by atoms with Gasteiger partial charge in [0, 0.05) is 14.1 Å². The summed E-state index contributed by atoms with van der Waals surface area (Å²) in [5, 5.41) is 2.63. The van der Waals surface area contributed by atoms with Gasteiger partial charge in [0.15, 0.2) is 0 Å². The van der Waals surface area contributed by atoms with Gasteiger partial charge in [0.2, 0.25) is 0 Å². The number of alkyl halides is 3. The van der Waals surface area contributed by atoms with E-state index in [1.165, 1.54) is 46.4 Å². The molecule has 0 bridgehead atoms. The van der Waals surface area contributed by atoms with E-state index in [0.717, 1.165) is 12.1 Å². The maximum Gasteiger partial charge on any atom is 0.417 e. The molecule has 0 aromatic heterocycles. The van der Waals surface area contributed by atoms with Crippen molar-refractivity contribution in [3.05, 3.63) is 71.0 Å². The van der Waals surface area contributed by atoms with Gasteiger partial charge < -0.3 is 0 Å². The summed E-state index contributed by atoms with van der Waals surface area (Å²) in [6.45, 7) is 1.67. The Morgan fingerprint density at radius 3 is 2.08 bits per heavy atom. The molecular formula is C18H18F4N2O. The molecule has 1 unspecified atom stereocenters. The highest BCUT2D eigenvalue weighted by Crippen LogP contribution is 2.33. The number of halogens is 4. The second-order valence-corrected chi connectivity index (χ2v) is 5.77. The third kappa shape index (κ3) is 4.17. The zero-order valence-electron chi connectivity index (χ0n) is 14.0. The van der Waals surface area contributed by atoms with Gasteiger partial charge in [0.25, 0.3) is 5.91 Å². The Bertz CT molecular complexity index is 741. The van der Waals surface area contributed by atoms with E-state index in [0.29, 0.717) is 5.56 Å². The molecule has 2 aromatic carbocycles. The molecule has 7 heteroatoms. The summed E-state index contributed by atoms with van der Waals surface area (Å²) in [5.41, 5.74) is -0.816. The summed E-state index contributed by atoms with van der Waals surface area (Å²) in [5.74, 6) is -1.21. The van der Waals surface area contributed by atoms with Crippen LogP contribution in [-0.2, 0) is 6.18 Å². The predicted octanol–water partition coefficient (Wildman–Crippen LogP) is 4.52. The largest absolute Gasteiger partial charge is 0.417 e. The third-order valence-corrected chi connectivity index (χ3v) is 3.82. The molecule has 2 aromatic rings. The molecule has 0 N–H and O–H groups in total. The molecule has 0 fully saturated rings. The van der Waals surface area contributed by atoms with E-state index in [-0.39, 0.29) is 0 Å². The Labute approximate surface area is 143 Å². The molecule has 3 nitrogen and oxygen atoms in total. The van der Waals surface area contributed by atoms with E-state index >= 15 is 0 Å². The number of nitrogens with zero attached hydrogens (tertiary/aromatic N) is 2. The zero-order chi connectivity index (χ0) is 18.8. The normalized spacial score (nSPS) is 13.0. The average Bonchev–Trinajstić information content (AvgIpc) is 2.54. The van der Waals surface area contributed by atoms with Crippen LogP contribution < -0.4 is 0 Å². The van der Waals surface area contributed by atoms with Gasteiger partial charge in [-0.2, -0.15) is 13.2 Å². The van der Waals surface area contributed by atoms with Crippen LogP contribution in [0.2, 0.25) is 0 Å². The number of amides is 1. The van der Waals surface area contributed by atoms with Crippen molar-refractivity contribution in [3.63, 3.8) is 0 Å². The lowest BCUT2D eigenvalue weighted by molar-refractivity contribution is -0.138. The minimum Gasteiger partial charge on any atom is -0.268 e. The van der Waals surface area contributed by atoms with Crippen molar-refractivity contribution in [1.82, 2.24) is 10.0 Å². The number of benzene rings is 2. The van der Waals surface area contributed by atoms with Crippen LogP contribution in [0.15, 0.2) is 48.5 Å². The quantitative estimate of drug-likeness (QED) is 0.595. The molecule has 134 valence electrons. The number of hydrogen-bond acceptors (Lipinski definition) is 2. The molecule has 0 aliphatic heterocycles. The first-order valence-electron chi connectivity index (χ1n) is 7.55. The summed E-state index contributed by atoms with van der Waals surface area (Å²) in [6, 6.07) is 9.56. The fraction of sp³-hybridized carbons (Fsp3) is 0.278. The second-order valence-electron chi connectivity index (χ2n) is 5.77. The number of hydrazine groups is 1. The Morgan fingerprint density at radius 1 is 1.00 bits per heavy atom. The van der Waals surface area contributed by atoms with Crippen LogP contribution in [0.5, 0.6) is 0 Å². The van der Waals surface area contributed by atoms with Crippen LogP contribution in [0.4, 0.5) is 17.6 Å². The van der Waals surface area contributed by atoms with E-state index in [2.05, 4.69) is 0 Å². The fourth-order valence-corrected chi connectivity index (χ4v) is 2.63. The van der Waals surface area contributed by atoms with E-state index in [1.807, 2.05) is 0 Å². The van der Waals surface area contributed by atoms with Crippen LogP contribution in [0.1, 0.15) is 34.5 Å². The molecular weight excluding hydrogens is 336 g/mol. The lowest BCUT2D eigenvalue weighted by Crippen LogP contribution is -2.44. The summed E-state index contributed by atoms with van der Waals surface area (Å²) < 4.78 is 52.7. The fourth-order valence-electron chi connectivity index (χ4n) is 2.63. The molecule has 0 radical (unpaired) electrons. The molecule has 25 heavy (non-hydrogen) atoms. The van der Waals surface area contributed by atoms with Gasteiger partial charge in [-0.3, -0.25) is 9.80 Å².